The van der Waals surface area contributed by atoms with Crippen molar-refractivity contribution >= 4 is 0 Å². The van der Waals surface area contributed by atoms with E-state index >= 15 is 0 Å². The van der Waals surface area contributed by atoms with Gasteiger partial charge in [-0.05, 0) is 37.3 Å². The number of aryl methyl sites for hydroxylation is 1. The van der Waals surface area contributed by atoms with Crippen molar-refractivity contribution in [3.05, 3.63) is 23.5 Å². The lowest BCUT2D eigenvalue weighted by Crippen LogP contribution is -2.36. The van der Waals surface area contributed by atoms with Gasteiger partial charge in [-0.2, -0.15) is 5.26 Å². The van der Waals surface area contributed by atoms with Gasteiger partial charge in [0.2, 0.25) is 0 Å². The second kappa shape index (κ2) is 6.03. The Kier molecular flexibility index (Phi) is 4.40. The molecule has 0 spiro atoms. The van der Waals surface area contributed by atoms with Gasteiger partial charge in [-0.1, -0.05) is 0 Å². The van der Waals surface area contributed by atoms with Crippen LogP contribution in [0.1, 0.15) is 31.0 Å². The minimum Gasteiger partial charge on any atom is -0.381 e. The molecule has 1 saturated heterocycles. The van der Waals surface area contributed by atoms with Crippen LogP contribution in [0.15, 0.2) is 12.3 Å². The maximum absolute atomic E-state index is 8.91. The van der Waals surface area contributed by atoms with Crippen molar-refractivity contribution in [3.8, 4) is 6.07 Å². The van der Waals surface area contributed by atoms with Crippen LogP contribution in [0.4, 0.5) is 0 Å². The van der Waals surface area contributed by atoms with E-state index in [1.807, 2.05) is 23.9 Å². The van der Waals surface area contributed by atoms with E-state index in [4.69, 9.17) is 10.00 Å². The Labute approximate surface area is 109 Å². The highest BCUT2D eigenvalue weighted by atomic mass is 16.5. The highest BCUT2D eigenvalue weighted by Gasteiger charge is 2.19. The summed E-state index contributed by atoms with van der Waals surface area (Å²) in [5.74, 6) is 0.706. The summed E-state index contributed by atoms with van der Waals surface area (Å²) in [6, 6.07) is 4.63. The van der Waals surface area contributed by atoms with Crippen LogP contribution in [0.3, 0.4) is 0 Å². The summed E-state index contributed by atoms with van der Waals surface area (Å²) in [6.07, 6.45) is 4.31. The minimum absolute atomic E-state index is 0.500. The van der Waals surface area contributed by atoms with E-state index in [9.17, 15) is 0 Å². The van der Waals surface area contributed by atoms with Crippen molar-refractivity contribution in [2.24, 2.45) is 13.0 Å². The summed E-state index contributed by atoms with van der Waals surface area (Å²) in [4.78, 5) is 0. The minimum atomic E-state index is 0.500. The summed E-state index contributed by atoms with van der Waals surface area (Å²) in [5, 5.41) is 12.5. The maximum Gasteiger partial charge on any atom is 0.120 e. The maximum atomic E-state index is 8.91. The molecule has 0 amide bonds. The van der Waals surface area contributed by atoms with Gasteiger partial charge in [-0.3, -0.25) is 0 Å². The topological polar surface area (TPSA) is 50.0 Å². The van der Waals surface area contributed by atoms with Crippen molar-refractivity contribution in [3.63, 3.8) is 0 Å². The number of rotatable bonds is 4. The molecule has 0 bridgehead atoms. The number of hydrogen-bond donors (Lipinski definition) is 1. The van der Waals surface area contributed by atoms with Crippen molar-refractivity contribution in [2.45, 2.75) is 32.4 Å². The third kappa shape index (κ3) is 3.12. The fourth-order valence-electron chi connectivity index (χ4n) is 2.50. The van der Waals surface area contributed by atoms with Crippen LogP contribution in [0.25, 0.3) is 0 Å². The summed E-state index contributed by atoms with van der Waals surface area (Å²) < 4.78 is 7.25. The molecule has 0 saturated carbocycles. The monoisotopic (exact) mass is 247 g/mol. The first-order chi connectivity index (χ1) is 8.70. The molecule has 18 heavy (non-hydrogen) atoms. The van der Waals surface area contributed by atoms with Crippen LogP contribution in [-0.2, 0) is 18.3 Å². The second-order valence-electron chi connectivity index (χ2n) is 5.08. The first-order valence-electron chi connectivity index (χ1n) is 6.57. The van der Waals surface area contributed by atoms with E-state index in [0.29, 0.717) is 17.7 Å². The van der Waals surface area contributed by atoms with Gasteiger partial charge >= 0.3 is 0 Å². The molecule has 0 aromatic carbocycles. The van der Waals surface area contributed by atoms with Crippen molar-refractivity contribution in [1.82, 2.24) is 9.88 Å². The predicted molar refractivity (Wildman–Crippen MR) is 70.0 cm³/mol. The Morgan fingerprint density at radius 1 is 1.56 bits per heavy atom. The van der Waals surface area contributed by atoms with Gasteiger partial charge in [0.1, 0.15) is 11.8 Å². The molecule has 4 heteroatoms. The van der Waals surface area contributed by atoms with Gasteiger partial charge in [0.15, 0.2) is 0 Å². The van der Waals surface area contributed by atoms with Crippen LogP contribution in [0.2, 0.25) is 0 Å². The summed E-state index contributed by atoms with van der Waals surface area (Å²) >= 11 is 0. The molecule has 1 aromatic rings. The zero-order valence-electron chi connectivity index (χ0n) is 11.1. The fraction of sp³-hybridized carbons (Fsp3) is 0.643. The molecular weight excluding hydrogens is 226 g/mol. The first-order valence-corrected chi connectivity index (χ1v) is 6.57. The predicted octanol–water partition coefficient (Wildman–Crippen LogP) is 1.80. The molecule has 1 unspecified atom stereocenters. The Morgan fingerprint density at radius 2 is 2.28 bits per heavy atom. The zero-order valence-corrected chi connectivity index (χ0v) is 11.1. The molecule has 1 aliphatic rings. The highest BCUT2D eigenvalue weighted by Crippen LogP contribution is 2.19. The summed E-state index contributed by atoms with van der Waals surface area (Å²) in [7, 11) is 1.91. The van der Waals surface area contributed by atoms with E-state index in [-0.39, 0.29) is 0 Å². The smallest absolute Gasteiger partial charge is 0.120 e. The molecule has 1 N–H and O–H groups in total. The van der Waals surface area contributed by atoms with Gasteiger partial charge in [-0.25, -0.2) is 0 Å². The van der Waals surface area contributed by atoms with Crippen molar-refractivity contribution in [2.75, 3.05) is 13.2 Å². The van der Waals surface area contributed by atoms with Crippen LogP contribution in [0.5, 0.6) is 0 Å². The van der Waals surface area contributed by atoms with E-state index in [1.54, 1.807) is 0 Å². The van der Waals surface area contributed by atoms with E-state index in [0.717, 1.165) is 32.6 Å². The third-order valence-corrected chi connectivity index (χ3v) is 3.78. The lowest BCUT2D eigenvalue weighted by molar-refractivity contribution is 0.0558. The van der Waals surface area contributed by atoms with Crippen molar-refractivity contribution in [1.29, 1.82) is 5.26 Å². The van der Waals surface area contributed by atoms with Crippen LogP contribution < -0.4 is 5.32 Å². The number of hydrogen-bond acceptors (Lipinski definition) is 3. The highest BCUT2D eigenvalue weighted by molar-refractivity contribution is 5.28. The lowest BCUT2D eigenvalue weighted by Gasteiger charge is -2.28. The number of nitrogens with zero attached hydrogens (tertiary/aromatic N) is 2. The number of aromatic nitrogens is 1. The number of ether oxygens (including phenoxy) is 1. The molecule has 0 radical (unpaired) electrons. The number of nitrogens with one attached hydrogen (secondary N) is 1. The van der Waals surface area contributed by atoms with Gasteiger partial charge < -0.3 is 14.6 Å². The van der Waals surface area contributed by atoms with E-state index in [1.165, 1.54) is 5.56 Å². The molecule has 0 aliphatic carbocycles. The molecule has 4 nitrogen and oxygen atoms in total. The summed E-state index contributed by atoms with van der Waals surface area (Å²) in [5.41, 5.74) is 1.89. The molecule has 1 aliphatic heterocycles. The standard InChI is InChI=1S/C14H21N3O/c1-11(13-3-5-18-6-4-13)16-9-12-7-14(8-15)17(2)10-12/h7,10-11,13,16H,3-6,9H2,1-2H3. The van der Waals surface area contributed by atoms with Crippen LogP contribution in [-0.4, -0.2) is 23.8 Å². The fourth-order valence-corrected chi connectivity index (χ4v) is 2.50. The SMILES string of the molecule is CC(NCc1cc(C#N)n(C)c1)C1CCOCC1. The molecule has 1 fully saturated rings. The van der Waals surface area contributed by atoms with Crippen molar-refractivity contribution < 1.29 is 4.74 Å². The third-order valence-electron chi connectivity index (χ3n) is 3.78. The molecule has 2 rings (SSSR count). The van der Waals surface area contributed by atoms with Gasteiger partial charge in [0.05, 0.1) is 0 Å². The van der Waals surface area contributed by atoms with Crippen LogP contribution in [0, 0.1) is 17.2 Å². The average Bonchev–Trinajstić information content (AvgIpc) is 2.77. The second-order valence-corrected chi connectivity index (χ2v) is 5.08. The Balaban J connectivity index is 1.84. The molecule has 1 atom stereocenters. The first kappa shape index (κ1) is 13.1. The Morgan fingerprint density at radius 3 is 2.89 bits per heavy atom. The molecule has 98 valence electrons. The molecule has 1 aromatic heterocycles. The van der Waals surface area contributed by atoms with Gasteiger partial charge in [0.25, 0.3) is 0 Å². The number of nitriles is 1. The largest absolute Gasteiger partial charge is 0.381 e. The Hall–Kier alpha value is -1.31. The quantitative estimate of drug-likeness (QED) is 0.882. The van der Waals surface area contributed by atoms with Gasteiger partial charge in [-0.15, -0.1) is 0 Å². The van der Waals surface area contributed by atoms with Gasteiger partial charge in [0, 0.05) is 39.0 Å². The zero-order chi connectivity index (χ0) is 13.0. The lowest BCUT2D eigenvalue weighted by atomic mass is 9.93. The van der Waals surface area contributed by atoms with E-state index in [2.05, 4.69) is 18.3 Å². The Bertz CT molecular complexity index is 427. The van der Waals surface area contributed by atoms with E-state index < -0.39 is 0 Å². The summed E-state index contributed by atoms with van der Waals surface area (Å²) in [6.45, 7) is 4.85. The molecule has 2 heterocycles. The van der Waals surface area contributed by atoms with Crippen LogP contribution >= 0.6 is 0 Å². The average molecular weight is 247 g/mol. The molecular formula is C14H21N3O. The normalized spacial score (nSPS) is 18.5.